The van der Waals surface area contributed by atoms with Gasteiger partial charge in [-0.25, -0.2) is 9.78 Å². The Morgan fingerprint density at radius 1 is 1.61 bits per heavy atom. The minimum absolute atomic E-state index is 0.138. The van der Waals surface area contributed by atoms with Gasteiger partial charge in [0.05, 0.1) is 25.2 Å². The fourth-order valence-corrected chi connectivity index (χ4v) is 2.00. The number of nitrogen functional groups attached to an aromatic ring is 1. The van der Waals surface area contributed by atoms with E-state index in [1.165, 1.54) is 7.11 Å². The zero-order valence-corrected chi connectivity index (χ0v) is 10.3. The molecule has 0 radical (unpaired) electrons. The van der Waals surface area contributed by atoms with Crippen molar-refractivity contribution in [3.63, 3.8) is 0 Å². The molecule has 1 atom stereocenters. The molecule has 98 valence electrons. The lowest BCUT2D eigenvalue weighted by atomic mass is 10.3. The van der Waals surface area contributed by atoms with E-state index in [9.17, 15) is 4.79 Å². The Bertz CT molecular complexity index is 408. The van der Waals surface area contributed by atoms with E-state index in [4.69, 9.17) is 5.73 Å². The first-order valence-corrected chi connectivity index (χ1v) is 5.80. The molecular formula is C11H17N5O2. The highest BCUT2D eigenvalue weighted by Gasteiger charge is 2.24. The number of anilines is 1. The summed E-state index contributed by atoms with van der Waals surface area (Å²) < 4.78 is 4.57. The topological polar surface area (TPSA) is 93.4 Å². The van der Waals surface area contributed by atoms with Gasteiger partial charge in [0, 0.05) is 25.7 Å². The molecule has 1 fully saturated rings. The van der Waals surface area contributed by atoms with Crippen molar-refractivity contribution in [2.24, 2.45) is 0 Å². The van der Waals surface area contributed by atoms with E-state index in [1.54, 1.807) is 12.4 Å². The molecule has 7 nitrogen and oxygen atoms in total. The van der Waals surface area contributed by atoms with Crippen LogP contribution < -0.4 is 11.1 Å². The van der Waals surface area contributed by atoms with Gasteiger partial charge in [-0.2, -0.15) is 0 Å². The maximum absolute atomic E-state index is 11.1. The van der Waals surface area contributed by atoms with Crippen LogP contribution in [0.2, 0.25) is 0 Å². The van der Waals surface area contributed by atoms with Gasteiger partial charge in [-0.1, -0.05) is 0 Å². The molecule has 1 aromatic heterocycles. The minimum Gasteiger partial charge on any atom is -0.453 e. The second kappa shape index (κ2) is 5.63. The maximum Gasteiger partial charge on any atom is 0.407 e. The van der Waals surface area contributed by atoms with Gasteiger partial charge in [0.2, 0.25) is 0 Å². The molecular weight excluding hydrogens is 234 g/mol. The summed E-state index contributed by atoms with van der Waals surface area (Å²) in [5, 5.41) is 2.79. The molecule has 0 saturated carbocycles. The van der Waals surface area contributed by atoms with Crippen molar-refractivity contribution in [1.29, 1.82) is 0 Å². The van der Waals surface area contributed by atoms with Crippen molar-refractivity contribution in [1.82, 2.24) is 20.2 Å². The van der Waals surface area contributed by atoms with Crippen LogP contribution in [-0.4, -0.2) is 47.2 Å². The number of rotatable bonds is 3. The van der Waals surface area contributed by atoms with Crippen LogP contribution in [0, 0.1) is 0 Å². The first-order chi connectivity index (χ1) is 8.67. The third-order valence-corrected chi connectivity index (χ3v) is 2.89. The number of likely N-dealkylation sites (tertiary alicyclic amines) is 1. The molecule has 2 rings (SSSR count). The van der Waals surface area contributed by atoms with E-state index < -0.39 is 0 Å². The Balaban J connectivity index is 1.82. The number of nitrogens with one attached hydrogen (secondary N) is 1. The van der Waals surface area contributed by atoms with Crippen LogP contribution >= 0.6 is 0 Å². The summed E-state index contributed by atoms with van der Waals surface area (Å²) in [6.07, 6.45) is 3.76. The number of hydrogen-bond donors (Lipinski definition) is 2. The number of amides is 1. The molecule has 1 aromatic rings. The van der Waals surface area contributed by atoms with E-state index in [-0.39, 0.29) is 12.1 Å². The largest absolute Gasteiger partial charge is 0.453 e. The van der Waals surface area contributed by atoms with Gasteiger partial charge in [-0.15, -0.1) is 0 Å². The molecule has 7 heteroatoms. The van der Waals surface area contributed by atoms with Crippen LogP contribution in [0.1, 0.15) is 12.1 Å². The summed E-state index contributed by atoms with van der Waals surface area (Å²) in [5.74, 6) is 0.422. The lowest BCUT2D eigenvalue weighted by Crippen LogP contribution is -2.36. The lowest BCUT2D eigenvalue weighted by molar-refractivity contribution is 0.166. The average molecular weight is 251 g/mol. The Kier molecular flexibility index (Phi) is 3.93. The van der Waals surface area contributed by atoms with Gasteiger partial charge < -0.3 is 15.8 Å². The number of nitrogens with two attached hydrogens (primary N) is 1. The van der Waals surface area contributed by atoms with E-state index in [0.717, 1.165) is 25.2 Å². The summed E-state index contributed by atoms with van der Waals surface area (Å²) in [7, 11) is 1.37. The van der Waals surface area contributed by atoms with Gasteiger partial charge in [0.15, 0.2) is 0 Å². The number of nitrogens with zero attached hydrogens (tertiary/aromatic N) is 3. The van der Waals surface area contributed by atoms with Crippen molar-refractivity contribution in [3.05, 3.63) is 18.1 Å². The standard InChI is InChI=1S/C11H17N5O2/c1-18-11(17)15-8-2-3-16(6-8)7-9-4-14-10(12)5-13-9/h4-5,8H,2-3,6-7H2,1H3,(H2,12,14)(H,15,17). The number of carbonyl (C=O) groups is 1. The molecule has 1 unspecified atom stereocenters. The van der Waals surface area contributed by atoms with Crippen LogP contribution in [0.15, 0.2) is 12.4 Å². The minimum atomic E-state index is -0.380. The van der Waals surface area contributed by atoms with Gasteiger partial charge in [-0.05, 0) is 6.42 Å². The van der Waals surface area contributed by atoms with Crippen LogP contribution in [0.3, 0.4) is 0 Å². The maximum atomic E-state index is 11.1. The Labute approximate surface area is 105 Å². The molecule has 2 heterocycles. The molecule has 1 saturated heterocycles. The molecule has 1 amide bonds. The molecule has 0 spiro atoms. The molecule has 1 aliphatic rings. The number of alkyl carbamates (subject to hydrolysis) is 1. The fourth-order valence-electron chi connectivity index (χ4n) is 2.00. The predicted molar refractivity (Wildman–Crippen MR) is 65.7 cm³/mol. The Hall–Kier alpha value is -1.89. The van der Waals surface area contributed by atoms with Gasteiger partial charge >= 0.3 is 6.09 Å². The van der Waals surface area contributed by atoms with Gasteiger partial charge in [0.1, 0.15) is 5.82 Å². The van der Waals surface area contributed by atoms with Gasteiger partial charge in [-0.3, -0.25) is 9.88 Å². The fraction of sp³-hybridized carbons (Fsp3) is 0.545. The normalized spacial score (nSPS) is 19.7. The third kappa shape index (κ3) is 3.30. The second-order valence-electron chi connectivity index (χ2n) is 4.29. The number of aromatic nitrogens is 2. The summed E-state index contributed by atoms with van der Waals surface area (Å²) in [5.41, 5.74) is 6.36. The Morgan fingerprint density at radius 2 is 2.44 bits per heavy atom. The van der Waals surface area contributed by atoms with Crippen molar-refractivity contribution >= 4 is 11.9 Å². The monoisotopic (exact) mass is 251 g/mol. The van der Waals surface area contributed by atoms with E-state index in [1.807, 2.05) is 0 Å². The van der Waals surface area contributed by atoms with Crippen LogP contribution in [-0.2, 0) is 11.3 Å². The molecule has 3 N–H and O–H groups in total. The van der Waals surface area contributed by atoms with Crippen molar-refractivity contribution in [2.45, 2.75) is 19.0 Å². The summed E-state index contributed by atoms with van der Waals surface area (Å²) >= 11 is 0. The quantitative estimate of drug-likeness (QED) is 0.784. The first kappa shape index (κ1) is 12.6. The van der Waals surface area contributed by atoms with E-state index in [0.29, 0.717) is 12.4 Å². The highest BCUT2D eigenvalue weighted by molar-refractivity contribution is 5.67. The summed E-state index contributed by atoms with van der Waals surface area (Å²) in [4.78, 5) is 21.5. The third-order valence-electron chi connectivity index (χ3n) is 2.89. The summed E-state index contributed by atoms with van der Waals surface area (Å²) in [6, 6.07) is 0.138. The van der Waals surface area contributed by atoms with Crippen molar-refractivity contribution < 1.29 is 9.53 Å². The van der Waals surface area contributed by atoms with Crippen molar-refractivity contribution in [2.75, 3.05) is 25.9 Å². The Morgan fingerprint density at radius 3 is 3.11 bits per heavy atom. The predicted octanol–water partition coefficient (Wildman–Crippen LogP) is -0.0109. The second-order valence-corrected chi connectivity index (χ2v) is 4.29. The van der Waals surface area contributed by atoms with Crippen LogP contribution in [0.4, 0.5) is 10.6 Å². The number of ether oxygens (including phenoxy) is 1. The van der Waals surface area contributed by atoms with Crippen molar-refractivity contribution in [3.8, 4) is 0 Å². The molecule has 0 aliphatic carbocycles. The van der Waals surface area contributed by atoms with Crippen LogP contribution in [0.5, 0.6) is 0 Å². The zero-order chi connectivity index (χ0) is 13.0. The summed E-state index contributed by atoms with van der Waals surface area (Å²) in [6.45, 7) is 2.43. The molecule has 1 aliphatic heterocycles. The smallest absolute Gasteiger partial charge is 0.407 e. The zero-order valence-electron chi connectivity index (χ0n) is 10.3. The lowest BCUT2D eigenvalue weighted by Gasteiger charge is -2.15. The highest BCUT2D eigenvalue weighted by atomic mass is 16.5. The number of carbonyl (C=O) groups excluding carboxylic acids is 1. The number of hydrogen-bond acceptors (Lipinski definition) is 6. The van der Waals surface area contributed by atoms with E-state index >= 15 is 0 Å². The van der Waals surface area contributed by atoms with Gasteiger partial charge in [0.25, 0.3) is 0 Å². The molecule has 0 aromatic carbocycles. The molecule has 18 heavy (non-hydrogen) atoms. The molecule has 0 bridgehead atoms. The number of methoxy groups -OCH3 is 1. The van der Waals surface area contributed by atoms with Crippen LogP contribution in [0.25, 0.3) is 0 Å². The SMILES string of the molecule is COC(=O)NC1CCN(Cc2cnc(N)cn2)C1. The van der Waals surface area contributed by atoms with E-state index in [2.05, 4.69) is 24.9 Å². The average Bonchev–Trinajstić information content (AvgIpc) is 2.79. The highest BCUT2D eigenvalue weighted by Crippen LogP contribution is 2.12. The first-order valence-electron chi connectivity index (χ1n) is 5.80.